The Bertz CT molecular complexity index is 700. The van der Waals surface area contributed by atoms with Crippen LogP contribution < -0.4 is 14.8 Å². The summed E-state index contributed by atoms with van der Waals surface area (Å²) in [6.45, 7) is 0. The van der Waals surface area contributed by atoms with E-state index in [-0.39, 0.29) is 11.9 Å². The summed E-state index contributed by atoms with van der Waals surface area (Å²) in [5.74, 6) is 1.13. The number of carbonyl (C=O) groups is 1. The molecule has 114 valence electrons. The third-order valence-electron chi connectivity index (χ3n) is 3.96. The van der Waals surface area contributed by atoms with Gasteiger partial charge in [-0.1, -0.05) is 12.1 Å². The lowest BCUT2D eigenvalue weighted by Gasteiger charge is -2.15. The summed E-state index contributed by atoms with van der Waals surface area (Å²) in [5, 5.41) is 3.04. The standard InChI is InChI=1S/C17H18N2O3/c1-21-14-6-3-5-11-12(14)8-9-13(11)19-17(20)16-15(22-2)7-4-10-18-16/h3-7,10,13H,8-9H2,1-2H3,(H,19,20). The molecule has 5 heteroatoms. The molecule has 0 bridgehead atoms. The van der Waals surface area contributed by atoms with Crippen molar-refractivity contribution in [2.45, 2.75) is 18.9 Å². The predicted molar refractivity (Wildman–Crippen MR) is 82.3 cm³/mol. The molecule has 0 saturated heterocycles. The maximum atomic E-state index is 12.5. The molecule has 22 heavy (non-hydrogen) atoms. The molecule has 0 saturated carbocycles. The predicted octanol–water partition coefficient (Wildman–Crippen LogP) is 2.52. The molecule has 0 fully saturated rings. The molecular weight excluding hydrogens is 280 g/mol. The van der Waals surface area contributed by atoms with E-state index < -0.39 is 0 Å². The first-order valence-electron chi connectivity index (χ1n) is 7.20. The zero-order valence-corrected chi connectivity index (χ0v) is 12.6. The fourth-order valence-electron chi connectivity index (χ4n) is 2.91. The molecule has 3 rings (SSSR count). The summed E-state index contributed by atoms with van der Waals surface area (Å²) in [6.07, 6.45) is 3.34. The Labute approximate surface area is 129 Å². The third-order valence-corrected chi connectivity index (χ3v) is 3.96. The van der Waals surface area contributed by atoms with Gasteiger partial charge in [-0.05, 0) is 42.2 Å². The van der Waals surface area contributed by atoms with E-state index >= 15 is 0 Å². The van der Waals surface area contributed by atoms with E-state index in [1.165, 1.54) is 12.7 Å². The number of hydrogen-bond acceptors (Lipinski definition) is 4. The third kappa shape index (κ3) is 2.50. The number of amides is 1. The monoisotopic (exact) mass is 298 g/mol. The minimum atomic E-state index is -0.224. The number of methoxy groups -OCH3 is 2. The van der Waals surface area contributed by atoms with Gasteiger partial charge in [-0.2, -0.15) is 0 Å². The van der Waals surface area contributed by atoms with E-state index in [4.69, 9.17) is 9.47 Å². The summed E-state index contributed by atoms with van der Waals surface area (Å²) < 4.78 is 10.6. The Morgan fingerprint density at radius 3 is 2.73 bits per heavy atom. The average molecular weight is 298 g/mol. The van der Waals surface area contributed by atoms with Crippen LogP contribution in [0.5, 0.6) is 11.5 Å². The van der Waals surface area contributed by atoms with Gasteiger partial charge in [0.15, 0.2) is 5.69 Å². The van der Waals surface area contributed by atoms with Gasteiger partial charge in [0.2, 0.25) is 0 Å². The SMILES string of the molecule is COc1cccnc1C(=O)NC1CCc2c(OC)cccc21. The van der Waals surface area contributed by atoms with Crippen LogP contribution >= 0.6 is 0 Å². The highest BCUT2D eigenvalue weighted by molar-refractivity contribution is 5.95. The van der Waals surface area contributed by atoms with Gasteiger partial charge in [-0.15, -0.1) is 0 Å². The number of carbonyl (C=O) groups excluding carboxylic acids is 1. The van der Waals surface area contributed by atoms with Crippen molar-refractivity contribution in [2.24, 2.45) is 0 Å². The molecular formula is C17H18N2O3. The molecule has 1 amide bonds. The molecule has 1 N–H and O–H groups in total. The molecule has 1 heterocycles. The van der Waals surface area contributed by atoms with Crippen molar-refractivity contribution in [3.8, 4) is 11.5 Å². The zero-order valence-electron chi connectivity index (χ0n) is 12.6. The molecule has 1 unspecified atom stereocenters. The molecule has 0 spiro atoms. The largest absolute Gasteiger partial charge is 0.496 e. The first kappa shape index (κ1) is 14.4. The second kappa shape index (κ2) is 6.05. The number of rotatable bonds is 4. The first-order chi connectivity index (χ1) is 10.7. The van der Waals surface area contributed by atoms with Gasteiger partial charge < -0.3 is 14.8 Å². The number of fused-ring (bicyclic) bond motifs is 1. The van der Waals surface area contributed by atoms with Crippen LogP contribution in [0.4, 0.5) is 0 Å². The maximum Gasteiger partial charge on any atom is 0.274 e. The number of nitrogens with one attached hydrogen (secondary N) is 1. The quantitative estimate of drug-likeness (QED) is 0.942. The van der Waals surface area contributed by atoms with Crippen molar-refractivity contribution in [3.05, 3.63) is 53.3 Å². The van der Waals surface area contributed by atoms with Gasteiger partial charge in [0.05, 0.1) is 20.3 Å². The van der Waals surface area contributed by atoms with Crippen LogP contribution in [0.25, 0.3) is 0 Å². The van der Waals surface area contributed by atoms with E-state index in [1.807, 2.05) is 18.2 Å². The lowest BCUT2D eigenvalue weighted by molar-refractivity contribution is 0.0928. The molecule has 1 aromatic heterocycles. The van der Waals surface area contributed by atoms with E-state index in [9.17, 15) is 4.79 Å². The van der Waals surface area contributed by atoms with E-state index in [0.29, 0.717) is 11.4 Å². The fraction of sp³-hybridized carbons (Fsp3) is 0.294. The lowest BCUT2D eigenvalue weighted by atomic mass is 10.1. The van der Waals surface area contributed by atoms with Crippen molar-refractivity contribution < 1.29 is 14.3 Å². The van der Waals surface area contributed by atoms with Crippen LogP contribution in [-0.4, -0.2) is 25.1 Å². The number of ether oxygens (including phenoxy) is 2. The summed E-state index contributed by atoms with van der Waals surface area (Å²) >= 11 is 0. The van der Waals surface area contributed by atoms with Gasteiger partial charge in [-0.25, -0.2) is 4.98 Å². The Morgan fingerprint density at radius 2 is 1.95 bits per heavy atom. The smallest absolute Gasteiger partial charge is 0.274 e. The second-order valence-electron chi connectivity index (χ2n) is 5.15. The van der Waals surface area contributed by atoms with Gasteiger partial charge in [0.1, 0.15) is 11.5 Å². The number of hydrogen-bond donors (Lipinski definition) is 1. The van der Waals surface area contributed by atoms with E-state index in [0.717, 1.165) is 24.2 Å². The highest BCUT2D eigenvalue weighted by Gasteiger charge is 2.27. The van der Waals surface area contributed by atoms with Crippen molar-refractivity contribution in [3.63, 3.8) is 0 Å². The minimum absolute atomic E-state index is 0.0238. The summed E-state index contributed by atoms with van der Waals surface area (Å²) in [7, 11) is 3.20. The molecule has 5 nitrogen and oxygen atoms in total. The molecule has 1 aliphatic rings. The number of benzene rings is 1. The molecule has 1 atom stereocenters. The van der Waals surface area contributed by atoms with Gasteiger partial charge in [0, 0.05) is 6.20 Å². The maximum absolute atomic E-state index is 12.5. The van der Waals surface area contributed by atoms with Gasteiger partial charge in [0.25, 0.3) is 5.91 Å². The Hall–Kier alpha value is -2.56. The molecule has 0 radical (unpaired) electrons. The normalized spacial score (nSPS) is 16.0. The zero-order chi connectivity index (χ0) is 15.5. The minimum Gasteiger partial charge on any atom is -0.496 e. The van der Waals surface area contributed by atoms with Crippen LogP contribution in [0.2, 0.25) is 0 Å². The highest BCUT2D eigenvalue weighted by atomic mass is 16.5. The summed E-state index contributed by atoms with van der Waals surface area (Å²) in [5.41, 5.74) is 2.59. The van der Waals surface area contributed by atoms with Crippen molar-refractivity contribution in [1.82, 2.24) is 10.3 Å². The van der Waals surface area contributed by atoms with Gasteiger partial charge >= 0.3 is 0 Å². The lowest BCUT2D eigenvalue weighted by Crippen LogP contribution is -2.28. The average Bonchev–Trinajstić information content (AvgIpc) is 2.97. The van der Waals surface area contributed by atoms with Crippen molar-refractivity contribution >= 4 is 5.91 Å². The first-order valence-corrected chi connectivity index (χ1v) is 7.20. The Balaban J connectivity index is 1.83. The molecule has 1 aliphatic carbocycles. The molecule has 2 aromatic rings. The van der Waals surface area contributed by atoms with Crippen LogP contribution in [0.1, 0.15) is 34.1 Å². The topological polar surface area (TPSA) is 60.5 Å². The number of aromatic nitrogens is 1. The highest BCUT2D eigenvalue weighted by Crippen LogP contribution is 2.37. The fourth-order valence-corrected chi connectivity index (χ4v) is 2.91. The number of nitrogens with zero attached hydrogens (tertiary/aromatic N) is 1. The van der Waals surface area contributed by atoms with Crippen LogP contribution in [0.15, 0.2) is 36.5 Å². The van der Waals surface area contributed by atoms with Crippen LogP contribution in [0, 0.1) is 0 Å². The Kier molecular flexibility index (Phi) is 3.96. The second-order valence-corrected chi connectivity index (χ2v) is 5.15. The van der Waals surface area contributed by atoms with Crippen LogP contribution in [0.3, 0.4) is 0 Å². The van der Waals surface area contributed by atoms with E-state index in [2.05, 4.69) is 10.3 Å². The molecule has 0 aliphatic heterocycles. The summed E-state index contributed by atoms with van der Waals surface area (Å²) in [4.78, 5) is 16.6. The van der Waals surface area contributed by atoms with Crippen molar-refractivity contribution in [1.29, 1.82) is 0 Å². The number of pyridine rings is 1. The van der Waals surface area contributed by atoms with Crippen LogP contribution in [-0.2, 0) is 6.42 Å². The Morgan fingerprint density at radius 1 is 1.18 bits per heavy atom. The van der Waals surface area contributed by atoms with E-state index in [1.54, 1.807) is 25.4 Å². The van der Waals surface area contributed by atoms with Gasteiger partial charge in [-0.3, -0.25) is 4.79 Å². The summed E-state index contributed by atoms with van der Waals surface area (Å²) in [6, 6.07) is 9.38. The molecule has 1 aromatic carbocycles. The van der Waals surface area contributed by atoms with Crippen molar-refractivity contribution in [2.75, 3.05) is 14.2 Å².